The highest BCUT2D eigenvalue weighted by Crippen LogP contribution is 2.35. The Hall–Kier alpha value is -3.37. The fraction of sp³-hybridized carbons (Fsp3) is 0.458. The Morgan fingerprint density at radius 2 is 1.97 bits per heavy atom. The number of carbonyl (C=O) groups is 1. The standard InChI is InChI=1S/C24H30N6O4/c1-16-22-21(17-3-4-19(26-24(31)32)20(15-17)33-2)27-23(30(22)8-7-25-16)29-11-9-28(10-12-29)18-5-13-34-14-6-18/h3-4,7-8,15,18,26H,5-6,9-14H2,1-2H3,(H,31,32). The Bertz CT molecular complexity index is 1180. The molecule has 4 heterocycles. The van der Waals surface area contributed by atoms with E-state index in [1.165, 1.54) is 7.11 Å². The molecule has 0 spiro atoms. The van der Waals surface area contributed by atoms with Crippen molar-refractivity contribution >= 4 is 23.2 Å². The quantitative estimate of drug-likeness (QED) is 0.591. The van der Waals surface area contributed by atoms with Crippen LogP contribution < -0.4 is 15.0 Å². The zero-order valence-electron chi connectivity index (χ0n) is 19.5. The van der Waals surface area contributed by atoms with Gasteiger partial charge in [0.05, 0.1) is 24.0 Å². The first kappa shape index (κ1) is 22.4. The summed E-state index contributed by atoms with van der Waals surface area (Å²) in [5.74, 6) is 1.34. The highest BCUT2D eigenvalue weighted by atomic mass is 16.5. The second-order valence-electron chi connectivity index (χ2n) is 8.70. The molecule has 0 unspecified atom stereocenters. The van der Waals surface area contributed by atoms with Crippen LogP contribution in [0.5, 0.6) is 5.75 Å². The predicted octanol–water partition coefficient (Wildman–Crippen LogP) is 3.10. The van der Waals surface area contributed by atoms with Crippen molar-refractivity contribution in [2.45, 2.75) is 25.8 Å². The van der Waals surface area contributed by atoms with E-state index < -0.39 is 6.09 Å². The molecule has 2 N–H and O–H groups in total. The number of ether oxygens (including phenoxy) is 2. The predicted molar refractivity (Wildman–Crippen MR) is 129 cm³/mol. The number of benzene rings is 1. The van der Waals surface area contributed by atoms with Crippen molar-refractivity contribution in [2.75, 3.05) is 56.7 Å². The molecule has 10 heteroatoms. The average Bonchev–Trinajstić information content (AvgIpc) is 3.26. The van der Waals surface area contributed by atoms with E-state index in [1.54, 1.807) is 12.3 Å². The van der Waals surface area contributed by atoms with Gasteiger partial charge in [0.2, 0.25) is 5.95 Å². The molecule has 34 heavy (non-hydrogen) atoms. The molecule has 2 aliphatic heterocycles. The van der Waals surface area contributed by atoms with Gasteiger partial charge < -0.3 is 19.5 Å². The monoisotopic (exact) mass is 466 g/mol. The molecule has 2 aromatic heterocycles. The number of fused-ring (bicyclic) bond motifs is 1. The minimum absolute atomic E-state index is 0.390. The van der Waals surface area contributed by atoms with Gasteiger partial charge in [0.25, 0.3) is 0 Å². The maximum atomic E-state index is 11.1. The summed E-state index contributed by atoms with van der Waals surface area (Å²) >= 11 is 0. The number of nitrogens with zero attached hydrogens (tertiary/aromatic N) is 5. The van der Waals surface area contributed by atoms with E-state index in [9.17, 15) is 4.79 Å². The van der Waals surface area contributed by atoms with Crippen molar-refractivity contribution in [1.29, 1.82) is 0 Å². The number of methoxy groups -OCH3 is 1. The van der Waals surface area contributed by atoms with Gasteiger partial charge in [-0.3, -0.25) is 19.6 Å². The van der Waals surface area contributed by atoms with Crippen molar-refractivity contribution in [1.82, 2.24) is 19.3 Å². The van der Waals surface area contributed by atoms with Crippen LogP contribution in [0.1, 0.15) is 18.5 Å². The van der Waals surface area contributed by atoms with Crippen LogP contribution in [0.4, 0.5) is 16.4 Å². The van der Waals surface area contributed by atoms with Crippen molar-refractivity contribution < 1.29 is 19.4 Å². The van der Waals surface area contributed by atoms with Crippen molar-refractivity contribution in [2.24, 2.45) is 0 Å². The van der Waals surface area contributed by atoms with Crippen LogP contribution in [-0.4, -0.2) is 83.0 Å². The Labute approximate surface area is 198 Å². The third kappa shape index (κ3) is 4.26. The maximum absolute atomic E-state index is 11.1. The lowest BCUT2D eigenvalue weighted by molar-refractivity contribution is 0.0320. The molecule has 0 atom stereocenters. The van der Waals surface area contributed by atoms with Gasteiger partial charge in [-0.25, -0.2) is 9.78 Å². The zero-order valence-corrected chi connectivity index (χ0v) is 19.5. The van der Waals surface area contributed by atoms with Crippen molar-refractivity contribution in [3.63, 3.8) is 0 Å². The van der Waals surface area contributed by atoms with Crippen LogP contribution in [0, 0.1) is 6.92 Å². The first-order chi connectivity index (χ1) is 16.5. The van der Waals surface area contributed by atoms with Crippen LogP contribution in [-0.2, 0) is 4.74 Å². The average molecular weight is 467 g/mol. The van der Waals surface area contributed by atoms with Gasteiger partial charge >= 0.3 is 6.09 Å². The van der Waals surface area contributed by atoms with Crippen LogP contribution in [0.3, 0.4) is 0 Å². The molecule has 1 aromatic carbocycles. The van der Waals surface area contributed by atoms with Gasteiger partial charge in [-0.1, -0.05) is 6.07 Å². The van der Waals surface area contributed by atoms with Gasteiger partial charge in [0.1, 0.15) is 11.4 Å². The first-order valence-electron chi connectivity index (χ1n) is 11.6. The summed E-state index contributed by atoms with van der Waals surface area (Å²) in [6.45, 7) is 7.51. The molecule has 0 saturated carbocycles. The van der Waals surface area contributed by atoms with Gasteiger partial charge in [-0.15, -0.1) is 0 Å². The molecule has 3 aromatic rings. The number of carboxylic acid groups (broad SMARTS) is 1. The smallest absolute Gasteiger partial charge is 0.409 e. The Balaban J connectivity index is 1.47. The number of amides is 1. The van der Waals surface area contributed by atoms with Crippen molar-refractivity contribution in [3.05, 3.63) is 36.3 Å². The van der Waals surface area contributed by atoms with E-state index in [-0.39, 0.29) is 0 Å². The molecule has 2 aliphatic rings. The molecular formula is C24H30N6O4. The molecule has 0 radical (unpaired) electrons. The number of anilines is 2. The van der Waals surface area contributed by atoms with E-state index in [0.29, 0.717) is 17.5 Å². The first-order valence-corrected chi connectivity index (χ1v) is 11.6. The maximum Gasteiger partial charge on any atom is 0.409 e. The minimum Gasteiger partial charge on any atom is -0.495 e. The molecule has 0 aliphatic carbocycles. The summed E-state index contributed by atoms with van der Waals surface area (Å²) in [4.78, 5) is 25.6. The van der Waals surface area contributed by atoms with E-state index in [4.69, 9.17) is 19.6 Å². The SMILES string of the molecule is COc1cc(-c2nc(N3CCN(C4CCOCC4)CC3)n3ccnc(C)c23)ccc1NC(=O)O. The summed E-state index contributed by atoms with van der Waals surface area (Å²) in [6, 6.07) is 5.98. The van der Waals surface area contributed by atoms with E-state index in [0.717, 1.165) is 80.7 Å². The van der Waals surface area contributed by atoms with Crippen molar-refractivity contribution in [3.8, 4) is 17.0 Å². The number of imidazole rings is 1. The van der Waals surface area contributed by atoms with Gasteiger partial charge in [0.15, 0.2) is 0 Å². The lowest BCUT2D eigenvalue weighted by atomic mass is 10.1. The lowest BCUT2D eigenvalue weighted by Crippen LogP contribution is -2.52. The van der Waals surface area contributed by atoms with Crippen LogP contribution in [0.2, 0.25) is 0 Å². The second-order valence-corrected chi connectivity index (χ2v) is 8.70. The molecule has 0 bridgehead atoms. The number of hydrogen-bond acceptors (Lipinski definition) is 7. The molecule has 10 nitrogen and oxygen atoms in total. The summed E-state index contributed by atoms with van der Waals surface area (Å²) in [6.07, 6.45) is 4.83. The van der Waals surface area contributed by atoms with Gasteiger partial charge in [-0.05, 0) is 31.9 Å². The summed E-state index contributed by atoms with van der Waals surface area (Å²) in [7, 11) is 1.52. The summed E-state index contributed by atoms with van der Waals surface area (Å²) in [5, 5.41) is 11.5. The number of hydrogen-bond donors (Lipinski definition) is 2. The van der Waals surface area contributed by atoms with E-state index in [2.05, 4.69) is 24.5 Å². The molecule has 180 valence electrons. The zero-order chi connectivity index (χ0) is 23.7. The molecule has 2 saturated heterocycles. The van der Waals surface area contributed by atoms with Crippen LogP contribution in [0.15, 0.2) is 30.6 Å². The van der Waals surface area contributed by atoms with Crippen LogP contribution in [0.25, 0.3) is 16.8 Å². The number of aromatic nitrogens is 3. The third-order valence-electron chi connectivity index (χ3n) is 6.74. The summed E-state index contributed by atoms with van der Waals surface area (Å²) in [5.41, 5.74) is 3.84. The van der Waals surface area contributed by atoms with E-state index >= 15 is 0 Å². The topological polar surface area (TPSA) is 104 Å². The molecule has 1 amide bonds. The van der Waals surface area contributed by atoms with Gasteiger partial charge in [0, 0.05) is 63.4 Å². The fourth-order valence-corrected chi connectivity index (χ4v) is 5.00. The normalized spacial score (nSPS) is 17.8. The van der Waals surface area contributed by atoms with E-state index in [1.807, 2.05) is 25.3 Å². The lowest BCUT2D eigenvalue weighted by Gasteiger charge is -2.40. The molecular weight excluding hydrogens is 436 g/mol. The number of aryl methyl sites for hydroxylation is 1. The molecule has 5 rings (SSSR count). The Morgan fingerprint density at radius 3 is 2.68 bits per heavy atom. The second kappa shape index (κ2) is 9.47. The highest BCUT2D eigenvalue weighted by Gasteiger charge is 2.28. The summed E-state index contributed by atoms with van der Waals surface area (Å²) < 4.78 is 13.1. The minimum atomic E-state index is -1.14. The number of rotatable bonds is 5. The number of piperazine rings is 1. The van der Waals surface area contributed by atoms with Gasteiger partial charge in [-0.2, -0.15) is 0 Å². The highest BCUT2D eigenvalue weighted by molar-refractivity contribution is 5.88. The van der Waals surface area contributed by atoms with Crippen LogP contribution >= 0.6 is 0 Å². The molecule has 2 fully saturated rings. The largest absolute Gasteiger partial charge is 0.495 e. The Kier molecular flexibility index (Phi) is 6.25. The fourth-order valence-electron chi connectivity index (χ4n) is 5.00. The Morgan fingerprint density at radius 1 is 1.21 bits per heavy atom. The third-order valence-corrected chi connectivity index (χ3v) is 6.74. The number of nitrogens with one attached hydrogen (secondary N) is 1.